The minimum absolute atomic E-state index is 0.0827. The van der Waals surface area contributed by atoms with E-state index in [0.29, 0.717) is 25.1 Å². The Morgan fingerprint density at radius 3 is 2.06 bits per heavy atom. The molecule has 2 unspecified atom stereocenters. The largest absolute Gasteiger partial charge is 0.369 e. The highest BCUT2D eigenvalue weighted by atomic mass is 32.2. The van der Waals surface area contributed by atoms with Gasteiger partial charge in [-0.3, -0.25) is 33.7 Å². The smallest absolute Gasteiger partial charge is 0.264 e. The summed E-state index contributed by atoms with van der Waals surface area (Å²) >= 11 is 1.32. The van der Waals surface area contributed by atoms with Gasteiger partial charge in [-0.2, -0.15) is 0 Å². The lowest BCUT2D eigenvalue weighted by molar-refractivity contribution is -0.141. The van der Waals surface area contributed by atoms with Crippen molar-refractivity contribution in [3.63, 3.8) is 0 Å². The molecule has 1 aliphatic heterocycles. The van der Waals surface area contributed by atoms with E-state index in [9.17, 15) is 37.2 Å². The highest BCUT2D eigenvalue weighted by Crippen LogP contribution is 2.34. The number of likely N-dealkylation sites (N-methyl/N-ethyl adjacent to an activating group) is 2. The maximum atomic E-state index is 14.3. The number of thioether (sulfide) groups is 1. The molecule has 4 atom stereocenters. The Labute approximate surface area is 372 Å². The van der Waals surface area contributed by atoms with Crippen LogP contribution in [-0.2, 0) is 50.0 Å². The number of amides is 6. The molecule has 1 aliphatic carbocycles. The van der Waals surface area contributed by atoms with Gasteiger partial charge in [0.25, 0.3) is 15.9 Å². The van der Waals surface area contributed by atoms with Gasteiger partial charge in [-0.15, -0.1) is 11.8 Å². The molecule has 2 aromatic carbocycles. The minimum Gasteiger partial charge on any atom is -0.369 e. The molecule has 62 heavy (non-hydrogen) atoms. The van der Waals surface area contributed by atoms with Gasteiger partial charge >= 0.3 is 0 Å². The fourth-order valence-electron chi connectivity index (χ4n) is 8.25. The zero-order valence-electron chi connectivity index (χ0n) is 37.8. The van der Waals surface area contributed by atoms with Gasteiger partial charge in [0.05, 0.1) is 22.2 Å². The topological polar surface area (TPSA) is 205 Å². The summed E-state index contributed by atoms with van der Waals surface area (Å²) in [6, 6.07) is 13.4. The van der Waals surface area contributed by atoms with E-state index in [0.717, 1.165) is 24.0 Å². The first kappa shape index (κ1) is 50.1. The van der Waals surface area contributed by atoms with Crippen LogP contribution in [0.5, 0.6) is 0 Å². The quantitative estimate of drug-likeness (QED) is 0.120. The Bertz CT molecular complexity index is 2090. The predicted molar refractivity (Wildman–Crippen MR) is 242 cm³/mol. The summed E-state index contributed by atoms with van der Waals surface area (Å²) in [5, 5.41) is 5.61. The van der Waals surface area contributed by atoms with Crippen LogP contribution >= 0.6 is 11.8 Å². The van der Waals surface area contributed by atoms with Gasteiger partial charge in [-0.05, 0) is 80.2 Å². The van der Waals surface area contributed by atoms with Crippen LogP contribution in [0.4, 0.5) is 0 Å². The number of nitrogens with zero attached hydrogens (tertiary/aromatic N) is 2. The summed E-state index contributed by atoms with van der Waals surface area (Å²) in [5.41, 5.74) is 5.90. The molecule has 4 rings (SSSR count). The second kappa shape index (κ2) is 20.8. The van der Waals surface area contributed by atoms with Crippen molar-refractivity contribution in [2.24, 2.45) is 28.9 Å². The number of sulfonamides is 1. The molecule has 16 heteroatoms. The molecule has 1 saturated heterocycles. The van der Waals surface area contributed by atoms with E-state index in [2.05, 4.69) is 15.4 Å². The number of imide groups is 1. The Morgan fingerprint density at radius 2 is 1.53 bits per heavy atom. The normalized spacial score (nSPS) is 20.4. The Kier molecular flexibility index (Phi) is 16.8. The molecule has 2 aromatic rings. The van der Waals surface area contributed by atoms with Crippen LogP contribution in [0.1, 0.15) is 98.6 Å². The third-order valence-corrected chi connectivity index (χ3v) is 14.9. The average Bonchev–Trinajstić information content (AvgIpc) is 3.48. The van der Waals surface area contributed by atoms with Gasteiger partial charge in [0.1, 0.15) is 6.04 Å². The summed E-state index contributed by atoms with van der Waals surface area (Å²) in [5.74, 6) is -2.17. The number of hydrogen-bond donors (Lipinski definition) is 4. The van der Waals surface area contributed by atoms with Crippen molar-refractivity contribution in [1.82, 2.24) is 25.2 Å². The van der Waals surface area contributed by atoms with E-state index in [1.807, 2.05) is 78.8 Å². The first-order chi connectivity index (χ1) is 28.9. The predicted octanol–water partition coefficient (Wildman–Crippen LogP) is 4.67. The highest BCUT2D eigenvalue weighted by Gasteiger charge is 2.43. The number of benzene rings is 2. The standard InChI is InChI=1S/C46H66N6O8S2/c1-28(2)35(51(10)44(58)39(45(4,5)6)49-42(56)38(48-9)46(7,8)33-14-12-11-13-15-33)24-29(3)41(55)50-62(59,60)34-22-18-31(19-23-34)27-61-36-25-37(53)52(43(36)57)26-30-16-20-32(21-17-30)40(47)54/h11-15,18-19,22-24,28,30,32,35-36,38-39,48H,16-17,20-21,25-27H2,1-10H3,(H2,47,54)(H,49,56)(H,50,55)/b29-24+/t30?,32?,35-,36?,38-,39?/m1/s1. The van der Waals surface area contributed by atoms with E-state index in [1.54, 1.807) is 32.3 Å². The number of nitrogens with one attached hydrogen (secondary N) is 3. The number of nitrogens with two attached hydrogens (primary N) is 1. The number of likely N-dealkylation sites (tertiary alicyclic amines) is 1. The third kappa shape index (κ3) is 12.3. The van der Waals surface area contributed by atoms with E-state index in [4.69, 9.17) is 5.73 Å². The Balaban J connectivity index is 1.38. The fourth-order valence-corrected chi connectivity index (χ4v) is 10.4. The maximum Gasteiger partial charge on any atom is 0.264 e. The van der Waals surface area contributed by atoms with Gasteiger partial charge in [0.15, 0.2) is 0 Å². The number of carbonyl (C=O) groups is 6. The maximum absolute atomic E-state index is 14.3. The number of hydrogen-bond acceptors (Lipinski definition) is 10. The van der Waals surface area contributed by atoms with E-state index >= 15 is 0 Å². The molecule has 0 radical (unpaired) electrons. The lowest BCUT2D eigenvalue weighted by atomic mass is 9.76. The van der Waals surface area contributed by atoms with Gasteiger partial charge in [-0.25, -0.2) is 13.1 Å². The lowest BCUT2D eigenvalue weighted by Crippen LogP contribution is -2.61. The summed E-state index contributed by atoms with van der Waals surface area (Å²) in [7, 11) is -0.975. The number of primary amides is 1. The Hall–Kier alpha value is -4.54. The van der Waals surface area contributed by atoms with Crippen molar-refractivity contribution in [2.75, 3.05) is 20.6 Å². The molecule has 0 spiro atoms. The van der Waals surface area contributed by atoms with Crippen molar-refractivity contribution >= 4 is 57.2 Å². The molecule has 6 amide bonds. The minimum atomic E-state index is -4.29. The van der Waals surface area contributed by atoms with Gasteiger partial charge in [0, 0.05) is 42.7 Å². The second-order valence-corrected chi connectivity index (χ2v) is 21.6. The molecule has 1 saturated carbocycles. The first-order valence-electron chi connectivity index (χ1n) is 21.3. The van der Waals surface area contributed by atoms with Gasteiger partial charge < -0.3 is 21.3 Å². The summed E-state index contributed by atoms with van der Waals surface area (Å²) < 4.78 is 28.9. The summed E-state index contributed by atoms with van der Waals surface area (Å²) in [6.07, 6.45) is 4.44. The third-order valence-electron chi connectivity index (χ3n) is 12.3. The van der Waals surface area contributed by atoms with Crippen molar-refractivity contribution in [2.45, 2.75) is 127 Å². The highest BCUT2D eigenvalue weighted by molar-refractivity contribution is 7.99. The lowest BCUT2D eigenvalue weighted by Gasteiger charge is -2.40. The molecule has 0 bridgehead atoms. The molecular formula is C46H66N6O8S2. The van der Waals surface area contributed by atoms with Crippen molar-refractivity contribution in [3.8, 4) is 0 Å². The van der Waals surface area contributed by atoms with Crippen LogP contribution in [0, 0.1) is 23.2 Å². The summed E-state index contributed by atoms with van der Waals surface area (Å²) in [6.45, 7) is 15.1. The zero-order valence-corrected chi connectivity index (χ0v) is 39.5. The summed E-state index contributed by atoms with van der Waals surface area (Å²) in [4.78, 5) is 81.7. The van der Waals surface area contributed by atoms with Crippen LogP contribution in [-0.4, -0.2) is 97.7 Å². The number of carbonyl (C=O) groups excluding carboxylic acids is 6. The van der Waals surface area contributed by atoms with Crippen LogP contribution in [0.3, 0.4) is 0 Å². The molecule has 1 heterocycles. The molecule has 2 fully saturated rings. The van der Waals surface area contributed by atoms with E-state index in [1.165, 1.54) is 40.6 Å². The molecular weight excluding hydrogens is 829 g/mol. The molecule has 5 N–H and O–H groups in total. The van der Waals surface area contributed by atoms with Crippen LogP contribution in [0.25, 0.3) is 0 Å². The van der Waals surface area contributed by atoms with Crippen molar-refractivity contribution < 1.29 is 37.2 Å². The van der Waals surface area contributed by atoms with Crippen LogP contribution in [0.2, 0.25) is 0 Å². The van der Waals surface area contributed by atoms with Crippen molar-refractivity contribution in [1.29, 1.82) is 0 Å². The van der Waals surface area contributed by atoms with E-state index < -0.39 is 50.1 Å². The molecule has 0 aromatic heterocycles. The first-order valence-corrected chi connectivity index (χ1v) is 23.8. The van der Waals surface area contributed by atoms with Crippen LogP contribution in [0.15, 0.2) is 71.1 Å². The fraction of sp³-hybridized carbons (Fsp3) is 0.565. The van der Waals surface area contributed by atoms with Crippen molar-refractivity contribution in [3.05, 3.63) is 77.4 Å². The zero-order chi connectivity index (χ0) is 46.3. The average molecular weight is 895 g/mol. The number of rotatable bonds is 18. The molecule has 14 nitrogen and oxygen atoms in total. The molecule has 2 aliphatic rings. The second-order valence-electron chi connectivity index (χ2n) is 18.7. The van der Waals surface area contributed by atoms with Gasteiger partial charge in [-0.1, -0.05) is 97.0 Å². The van der Waals surface area contributed by atoms with Crippen LogP contribution < -0.4 is 21.1 Å². The van der Waals surface area contributed by atoms with E-state index in [-0.39, 0.29) is 64.2 Å². The van der Waals surface area contributed by atoms with Gasteiger partial charge in [0.2, 0.25) is 29.5 Å². The SMILES string of the molecule is CN[C@H](C(=O)NC(C(=O)N(C)[C@H](/C=C(\C)C(=O)NS(=O)(=O)c1ccc(CSC2CC(=O)N(CC3CCC(C(N)=O)CC3)C2=O)cc1)C(C)C)C(C)(C)C)C(C)(C)c1ccccc1. The monoisotopic (exact) mass is 894 g/mol. The Morgan fingerprint density at radius 1 is 0.935 bits per heavy atom. The molecule has 340 valence electrons.